The van der Waals surface area contributed by atoms with Gasteiger partial charge in [-0.2, -0.15) is 0 Å². The summed E-state index contributed by atoms with van der Waals surface area (Å²) in [5.74, 6) is 0.864. The maximum absolute atomic E-state index is 3.66. The second-order valence-electron chi connectivity index (χ2n) is 6.65. The number of hydrogen-bond donors (Lipinski definition) is 0. The number of hydrogen-bond acceptors (Lipinski definition) is 0. The summed E-state index contributed by atoms with van der Waals surface area (Å²) in [4.78, 5) is 0. The van der Waals surface area contributed by atoms with Crippen LogP contribution in [0.15, 0.2) is 72.8 Å². The van der Waals surface area contributed by atoms with Crippen molar-refractivity contribution in [3.05, 3.63) is 84.0 Å². The van der Waals surface area contributed by atoms with Gasteiger partial charge in [-0.15, -0.1) is 0 Å². The van der Waals surface area contributed by atoms with Gasteiger partial charge in [-0.1, -0.05) is 24.3 Å². The molecule has 0 amide bonds. The zero-order valence-electron chi connectivity index (χ0n) is 15.1. The van der Waals surface area contributed by atoms with Crippen molar-refractivity contribution < 1.29 is 24.7 Å². The van der Waals surface area contributed by atoms with Crippen LogP contribution in [-0.2, 0) is 31.1 Å². The van der Waals surface area contributed by atoms with Crippen LogP contribution in [0.3, 0.4) is 0 Å². The fraction of sp³-hybridized carbons (Fsp3) is 0.304. The van der Waals surface area contributed by atoms with Crippen molar-refractivity contribution >= 4 is 0 Å². The Labute approximate surface area is 162 Å². The molecule has 0 saturated carbocycles. The summed E-state index contributed by atoms with van der Waals surface area (Å²) >= 11 is 1.67. The van der Waals surface area contributed by atoms with E-state index >= 15 is 0 Å². The van der Waals surface area contributed by atoms with Gasteiger partial charge in [0.2, 0.25) is 0 Å². The molecule has 0 aromatic heterocycles. The molecule has 2 atom stereocenters. The van der Waals surface area contributed by atoms with Gasteiger partial charge >= 0.3 is 125 Å². The Bertz CT molecular complexity index is 700. The van der Waals surface area contributed by atoms with Crippen LogP contribution in [0.2, 0.25) is 0 Å². The normalized spacial score (nSPS) is 18.2. The van der Waals surface area contributed by atoms with Crippen LogP contribution in [0.1, 0.15) is 41.9 Å². The van der Waals surface area contributed by atoms with Gasteiger partial charge in [0.25, 0.3) is 0 Å². The van der Waals surface area contributed by atoms with E-state index in [0.717, 1.165) is 20.7 Å². The molecule has 0 nitrogen and oxygen atoms in total. The van der Waals surface area contributed by atoms with Crippen molar-refractivity contribution in [1.29, 1.82) is 0 Å². The van der Waals surface area contributed by atoms with Crippen LogP contribution in [-0.4, -0.2) is 0 Å². The molecule has 1 aliphatic rings. The summed E-state index contributed by atoms with van der Waals surface area (Å²) in [5.41, 5.74) is 8.18. The molecule has 24 heavy (non-hydrogen) atoms. The third kappa shape index (κ3) is 4.45. The maximum atomic E-state index is 3.66. The number of benzene rings is 2. The van der Waals surface area contributed by atoms with Crippen LogP contribution in [0.5, 0.6) is 0 Å². The van der Waals surface area contributed by atoms with E-state index in [-0.39, 0.29) is 0 Å². The Hall–Kier alpha value is -1.20. The molecule has 1 heteroatoms. The summed E-state index contributed by atoms with van der Waals surface area (Å²) in [5, 5.41) is 0. The summed E-state index contributed by atoms with van der Waals surface area (Å²) in [7, 11) is 0. The standard InChI is InChI=1S/C17H17.C6H10.Zr/c1-2-13-11-15-9-6-10-16(17(15)12-13)14-7-4-3-5-8-14;1-5(2)6(3)4;/h3-11,13H,2,12H2,1H3;1,3H2,2,4H3;. The van der Waals surface area contributed by atoms with E-state index in [9.17, 15) is 0 Å². The van der Waals surface area contributed by atoms with Crippen molar-refractivity contribution in [3.8, 4) is 11.1 Å². The van der Waals surface area contributed by atoms with Gasteiger partial charge in [0, 0.05) is 0 Å². The minimum absolute atomic E-state index is 0.806. The molecule has 2 aromatic rings. The molecule has 0 N–H and O–H groups in total. The van der Waals surface area contributed by atoms with Crippen molar-refractivity contribution in [1.82, 2.24) is 0 Å². The molecule has 0 spiro atoms. The molecule has 0 fully saturated rings. The first-order valence-corrected chi connectivity index (χ1v) is 10.1. The third-order valence-electron chi connectivity index (χ3n) is 4.82. The van der Waals surface area contributed by atoms with E-state index in [1.165, 1.54) is 24.0 Å². The molecule has 2 unspecified atom stereocenters. The zero-order chi connectivity index (χ0) is 17.7. The SMILES string of the molecule is C=C(C)C(=C)C.CCC1Cc2c(-c3ccccc3)cccc2[CH]1[Zr]. The molecule has 0 heterocycles. The van der Waals surface area contributed by atoms with Crippen LogP contribution in [0.4, 0.5) is 0 Å². The van der Waals surface area contributed by atoms with E-state index in [1.807, 2.05) is 13.8 Å². The second kappa shape index (κ2) is 8.77. The van der Waals surface area contributed by atoms with E-state index in [2.05, 4.69) is 68.6 Å². The predicted octanol–water partition coefficient (Wildman–Crippen LogP) is 6.66. The molecule has 1 aliphatic carbocycles. The Morgan fingerprint density at radius 3 is 2.17 bits per heavy atom. The molecule has 0 saturated heterocycles. The predicted molar refractivity (Wildman–Crippen MR) is 102 cm³/mol. The van der Waals surface area contributed by atoms with E-state index in [0.29, 0.717) is 0 Å². The average molecular weight is 395 g/mol. The first kappa shape index (κ1) is 19.1. The third-order valence-corrected chi connectivity index (χ3v) is 6.75. The molecule has 123 valence electrons. The Kier molecular flexibility index (Phi) is 6.99. The van der Waals surface area contributed by atoms with Gasteiger partial charge in [0.15, 0.2) is 0 Å². The number of allylic oxidation sites excluding steroid dienone is 2. The summed E-state index contributed by atoms with van der Waals surface area (Å²) in [6.07, 6.45) is 2.57. The molecule has 3 rings (SSSR count). The first-order valence-electron chi connectivity index (χ1n) is 8.65. The second-order valence-corrected chi connectivity index (χ2v) is 8.18. The van der Waals surface area contributed by atoms with Crippen LogP contribution in [0.25, 0.3) is 11.1 Å². The summed E-state index contributed by atoms with van der Waals surface area (Å²) in [6.45, 7) is 13.5. The van der Waals surface area contributed by atoms with Gasteiger partial charge in [0.1, 0.15) is 0 Å². The van der Waals surface area contributed by atoms with Gasteiger partial charge in [-0.25, -0.2) is 0 Å². The minimum atomic E-state index is 0.806. The molecular formula is C23H27Zr. The Morgan fingerprint density at radius 1 is 1.00 bits per heavy atom. The van der Waals surface area contributed by atoms with Crippen LogP contribution in [0, 0.1) is 5.92 Å². The average Bonchev–Trinajstić information content (AvgIpc) is 2.92. The van der Waals surface area contributed by atoms with E-state index in [4.69, 9.17) is 0 Å². The molecule has 0 aliphatic heterocycles. The fourth-order valence-corrected chi connectivity index (χ4v) is 4.56. The van der Waals surface area contributed by atoms with E-state index < -0.39 is 0 Å². The van der Waals surface area contributed by atoms with Crippen molar-refractivity contribution in [2.45, 2.75) is 37.2 Å². The van der Waals surface area contributed by atoms with Gasteiger partial charge in [0.05, 0.1) is 0 Å². The topological polar surface area (TPSA) is 0 Å². The van der Waals surface area contributed by atoms with E-state index in [1.54, 1.807) is 35.8 Å². The molecule has 0 bridgehead atoms. The van der Waals surface area contributed by atoms with Crippen molar-refractivity contribution in [3.63, 3.8) is 0 Å². The molecule has 2 aromatic carbocycles. The van der Waals surface area contributed by atoms with Crippen molar-refractivity contribution in [2.24, 2.45) is 5.92 Å². The van der Waals surface area contributed by atoms with Gasteiger partial charge in [-0.05, 0) is 13.8 Å². The Balaban J connectivity index is 0.000000301. The summed E-state index contributed by atoms with van der Waals surface area (Å²) < 4.78 is 0.806. The zero-order valence-corrected chi connectivity index (χ0v) is 17.6. The Morgan fingerprint density at radius 2 is 1.62 bits per heavy atom. The van der Waals surface area contributed by atoms with Crippen molar-refractivity contribution in [2.75, 3.05) is 0 Å². The number of rotatable bonds is 3. The summed E-state index contributed by atoms with van der Waals surface area (Å²) in [6, 6.07) is 17.7. The fourth-order valence-electron chi connectivity index (χ4n) is 3.03. The molecule has 0 radical (unpaired) electrons. The van der Waals surface area contributed by atoms with Crippen LogP contribution >= 0.6 is 0 Å². The van der Waals surface area contributed by atoms with Crippen LogP contribution < -0.4 is 0 Å². The first-order chi connectivity index (χ1) is 11.5. The van der Waals surface area contributed by atoms with Gasteiger partial charge < -0.3 is 0 Å². The van der Waals surface area contributed by atoms with Gasteiger partial charge in [-0.3, -0.25) is 0 Å². The molecular weight excluding hydrogens is 367 g/mol. The number of fused-ring (bicyclic) bond motifs is 1. The quantitative estimate of drug-likeness (QED) is 0.510. The monoisotopic (exact) mass is 393 g/mol.